The van der Waals surface area contributed by atoms with Gasteiger partial charge in [0.05, 0.1) is 38.8 Å². The number of ether oxygens (including phenoxy) is 3. The molecule has 338 valence electrons. The number of imide groups is 1. The van der Waals surface area contributed by atoms with Crippen molar-refractivity contribution < 1.29 is 60.9 Å². The summed E-state index contributed by atoms with van der Waals surface area (Å²) in [7, 11) is 1.10. The van der Waals surface area contributed by atoms with E-state index in [2.05, 4.69) is 25.3 Å². The summed E-state index contributed by atoms with van der Waals surface area (Å²) in [5.41, 5.74) is 3.66. The second-order valence-electron chi connectivity index (χ2n) is 14.9. The first kappa shape index (κ1) is 47.6. The molecule has 1 aliphatic carbocycles. The van der Waals surface area contributed by atoms with Crippen LogP contribution in [0, 0.1) is 0 Å². The number of nitrogens with one attached hydrogen (secondary N) is 2. The number of H-pyrrole nitrogens is 1. The third kappa shape index (κ3) is 13.3. The van der Waals surface area contributed by atoms with Gasteiger partial charge in [-0.25, -0.2) is 14.8 Å². The molecular formula is C41H47F3N8O11. The Hall–Kier alpha value is -6.42. The number of fused-ring (bicyclic) bond motifs is 1. The van der Waals surface area contributed by atoms with Crippen LogP contribution in [-0.4, -0.2) is 111 Å². The zero-order valence-corrected chi connectivity index (χ0v) is 34.4. The molecule has 0 bridgehead atoms. The van der Waals surface area contributed by atoms with E-state index in [-0.39, 0.29) is 97.5 Å². The largest absolute Gasteiger partial charge is 0.471 e. The Morgan fingerprint density at radius 3 is 2.13 bits per heavy atom. The van der Waals surface area contributed by atoms with E-state index < -0.39 is 59.7 Å². The molecule has 1 saturated carbocycles. The molecule has 0 saturated heterocycles. The molecule has 0 radical (unpaired) electrons. The maximum atomic E-state index is 13.7. The van der Waals surface area contributed by atoms with Crippen LogP contribution in [0.25, 0.3) is 11.2 Å². The number of amides is 4. The average Bonchev–Trinajstić information content (AvgIpc) is 3.58. The molecule has 1 aromatic carbocycles. The number of Topliss-reactive ketones (excluding diaryl/α,β-unsaturated/α-hetero) is 2. The summed E-state index contributed by atoms with van der Waals surface area (Å²) in [6.07, 6.45) is 3.06. The first-order valence-corrected chi connectivity index (χ1v) is 20.2. The molecule has 0 unspecified atom stereocenters. The van der Waals surface area contributed by atoms with Gasteiger partial charge in [0.25, 0.3) is 23.3 Å². The summed E-state index contributed by atoms with van der Waals surface area (Å²) >= 11 is 0. The first-order valence-electron chi connectivity index (χ1n) is 20.2. The molecule has 3 heterocycles. The summed E-state index contributed by atoms with van der Waals surface area (Å²) in [5.74, 6) is -6.20. The fourth-order valence-corrected chi connectivity index (χ4v) is 6.99. The maximum Gasteiger partial charge on any atom is 0.471 e. The van der Waals surface area contributed by atoms with Gasteiger partial charge in [0.1, 0.15) is 17.6 Å². The van der Waals surface area contributed by atoms with Crippen molar-refractivity contribution in [3.05, 3.63) is 64.2 Å². The minimum Gasteiger partial charge on any atom is -0.467 e. The number of aromatic nitrogens is 4. The van der Waals surface area contributed by atoms with Crippen LogP contribution in [0.1, 0.15) is 93.1 Å². The van der Waals surface area contributed by atoms with E-state index in [0.717, 1.165) is 61.7 Å². The van der Waals surface area contributed by atoms with Gasteiger partial charge in [-0.2, -0.15) is 18.2 Å². The van der Waals surface area contributed by atoms with Crippen molar-refractivity contribution in [2.24, 2.45) is 0 Å². The standard InChI is InChI=1S/C41H47F3N8O11/c1-61-37(59)30(14-13-28(53)7-5-21-62-40(18-3-2-4-19-40)63-22-6-8-29(54)17-20-51-31(55)15-16-32(51)56)48-35(57)25-9-11-27(12-10-25)52(38(60)41(42,43)44)24-26-23-46-34-33(47-26)36(58)50-39(45)49-34/h9-12,15-16,23,30H,2-8,13-14,17-22,24H2,1H3,(H,48,57)(H3,45,46,49,50,58)/t30-/m0/s1. The second kappa shape index (κ2) is 21.6. The molecule has 5 rings (SSSR count). The minimum absolute atomic E-state index is 0.0291. The summed E-state index contributed by atoms with van der Waals surface area (Å²) in [6, 6.07) is 3.17. The van der Waals surface area contributed by atoms with Crippen LogP contribution >= 0.6 is 0 Å². The highest BCUT2D eigenvalue weighted by atomic mass is 19.4. The predicted molar refractivity (Wildman–Crippen MR) is 215 cm³/mol. The van der Waals surface area contributed by atoms with Gasteiger partial charge in [0.2, 0.25) is 5.95 Å². The minimum atomic E-state index is -5.31. The van der Waals surface area contributed by atoms with E-state index in [4.69, 9.17) is 19.9 Å². The monoisotopic (exact) mass is 884 g/mol. The van der Waals surface area contributed by atoms with Crippen LogP contribution in [0.5, 0.6) is 0 Å². The van der Waals surface area contributed by atoms with Crippen molar-refractivity contribution in [1.29, 1.82) is 0 Å². The van der Waals surface area contributed by atoms with Crippen LogP contribution < -0.4 is 21.5 Å². The number of carbonyl (C=O) groups is 7. The van der Waals surface area contributed by atoms with Gasteiger partial charge in [-0.15, -0.1) is 0 Å². The Balaban J connectivity index is 1.09. The van der Waals surface area contributed by atoms with E-state index in [0.29, 0.717) is 30.6 Å². The molecule has 63 heavy (non-hydrogen) atoms. The van der Waals surface area contributed by atoms with Crippen molar-refractivity contribution in [2.75, 3.05) is 37.5 Å². The fraction of sp³-hybridized carbons (Fsp3) is 0.488. The quantitative estimate of drug-likeness (QED) is 0.0567. The number of esters is 1. The molecule has 1 atom stereocenters. The first-order chi connectivity index (χ1) is 30.0. The lowest BCUT2D eigenvalue weighted by Gasteiger charge is -2.37. The Kier molecular flexibility index (Phi) is 16.3. The van der Waals surface area contributed by atoms with Crippen molar-refractivity contribution >= 4 is 64.0 Å². The molecular weight excluding hydrogens is 837 g/mol. The SMILES string of the molecule is COC(=O)[C@H](CCC(=O)CCCOC1(OCCCC(=O)CCN2C(=O)C=CC2=O)CCCCC1)NC(=O)c1ccc(N(Cc2cnc3nc(N)[nH]c(=O)c3n2)C(=O)C(F)(F)F)cc1. The van der Waals surface area contributed by atoms with Gasteiger partial charge in [0, 0.05) is 68.5 Å². The number of carbonyl (C=O) groups excluding carboxylic acids is 7. The summed E-state index contributed by atoms with van der Waals surface area (Å²) in [4.78, 5) is 114. The highest BCUT2D eigenvalue weighted by Crippen LogP contribution is 2.33. The lowest BCUT2D eigenvalue weighted by molar-refractivity contribution is -0.253. The molecule has 2 aromatic heterocycles. The summed E-state index contributed by atoms with van der Waals surface area (Å²) in [6.45, 7) is -0.273. The molecule has 4 N–H and O–H groups in total. The summed E-state index contributed by atoms with van der Waals surface area (Å²) < 4.78 is 58.2. The van der Waals surface area contributed by atoms with Crippen LogP contribution in [-0.2, 0) is 49.5 Å². The van der Waals surface area contributed by atoms with E-state index in [1.165, 1.54) is 12.2 Å². The number of benzene rings is 1. The number of halogens is 3. The highest BCUT2D eigenvalue weighted by Gasteiger charge is 2.43. The lowest BCUT2D eigenvalue weighted by atomic mass is 9.94. The summed E-state index contributed by atoms with van der Waals surface area (Å²) in [5, 5.41) is 2.49. The number of hydrogen-bond acceptors (Lipinski definition) is 15. The van der Waals surface area contributed by atoms with E-state index >= 15 is 0 Å². The topological polar surface area (TPSA) is 263 Å². The number of methoxy groups -OCH3 is 1. The molecule has 1 fully saturated rings. The Labute approximate surface area is 357 Å². The molecule has 0 spiro atoms. The average molecular weight is 885 g/mol. The smallest absolute Gasteiger partial charge is 0.467 e. The van der Waals surface area contributed by atoms with Gasteiger partial charge in [-0.1, -0.05) is 6.42 Å². The number of alkyl halides is 3. The Morgan fingerprint density at radius 2 is 1.52 bits per heavy atom. The lowest BCUT2D eigenvalue weighted by Crippen LogP contribution is -2.42. The number of aromatic amines is 1. The van der Waals surface area contributed by atoms with Crippen LogP contribution in [0.15, 0.2) is 47.4 Å². The van der Waals surface area contributed by atoms with Gasteiger partial charge >= 0.3 is 18.1 Å². The predicted octanol–water partition coefficient (Wildman–Crippen LogP) is 3.15. The normalized spacial score (nSPS) is 15.3. The fourth-order valence-electron chi connectivity index (χ4n) is 6.99. The molecule has 22 heteroatoms. The van der Waals surface area contributed by atoms with Gasteiger partial charge in [0.15, 0.2) is 17.0 Å². The number of anilines is 2. The van der Waals surface area contributed by atoms with E-state index in [9.17, 15) is 51.5 Å². The Bertz CT molecular complexity index is 2260. The molecule has 19 nitrogen and oxygen atoms in total. The number of nitrogens with zero attached hydrogens (tertiary/aromatic N) is 5. The number of rotatable bonds is 22. The molecule has 2 aliphatic rings. The van der Waals surface area contributed by atoms with Crippen molar-refractivity contribution in [3.63, 3.8) is 0 Å². The maximum absolute atomic E-state index is 13.7. The van der Waals surface area contributed by atoms with Crippen LogP contribution in [0.3, 0.4) is 0 Å². The van der Waals surface area contributed by atoms with Gasteiger partial charge < -0.3 is 25.3 Å². The van der Waals surface area contributed by atoms with E-state index in [1.54, 1.807) is 0 Å². The Morgan fingerprint density at radius 1 is 0.905 bits per heavy atom. The highest BCUT2D eigenvalue weighted by molar-refractivity contribution is 6.13. The molecule has 3 aromatic rings. The number of ketones is 2. The van der Waals surface area contributed by atoms with Crippen LogP contribution in [0.2, 0.25) is 0 Å². The zero-order valence-electron chi connectivity index (χ0n) is 34.4. The molecule has 1 aliphatic heterocycles. The zero-order chi connectivity index (χ0) is 45.7. The van der Waals surface area contributed by atoms with Crippen LogP contribution in [0.4, 0.5) is 24.8 Å². The van der Waals surface area contributed by atoms with E-state index in [1.807, 2.05) is 0 Å². The van der Waals surface area contributed by atoms with Crippen molar-refractivity contribution in [2.45, 2.75) is 102 Å². The number of nitrogen functional groups attached to an aromatic ring is 1. The second-order valence-corrected chi connectivity index (χ2v) is 14.9. The third-order valence-corrected chi connectivity index (χ3v) is 10.3. The van der Waals surface area contributed by atoms with Gasteiger partial charge in [-0.05, 0) is 56.4 Å². The van der Waals surface area contributed by atoms with Gasteiger partial charge in [-0.3, -0.25) is 48.3 Å². The van der Waals surface area contributed by atoms with Crippen molar-refractivity contribution in [3.8, 4) is 0 Å². The van der Waals surface area contributed by atoms with Crippen molar-refractivity contribution in [1.82, 2.24) is 30.2 Å². The molecule has 4 amide bonds. The number of nitrogens with two attached hydrogens (primary N) is 1. The third-order valence-electron chi connectivity index (χ3n) is 10.3. The number of hydrogen-bond donors (Lipinski definition) is 3.